The zero-order chi connectivity index (χ0) is 33.5. The van der Waals surface area contributed by atoms with Crippen LogP contribution in [0.2, 0.25) is 0 Å². The minimum atomic E-state index is -1.25. The Labute approximate surface area is 282 Å². The van der Waals surface area contributed by atoms with Crippen molar-refractivity contribution in [1.29, 1.82) is 0 Å². The molecule has 8 fully saturated rings. The van der Waals surface area contributed by atoms with E-state index in [0.29, 0.717) is 55.2 Å². The molecule has 2 aliphatic heterocycles. The van der Waals surface area contributed by atoms with Crippen molar-refractivity contribution in [3.8, 4) is 0 Å². The maximum Gasteiger partial charge on any atom is 0.225 e. The maximum atomic E-state index is 13.0. The second kappa shape index (κ2) is 10.6. The van der Waals surface area contributed by atoms with Gasteiger partial charge in [0, 0.05) is 17.9 Å². The van der Waals surface area contributed by atoms with Crippen molar-refractivity contribution >= 4 is 5.91 Å². The van der Waals surface area contributed by atoms with Crippen LogP contribution in [0.4, 0.5) is 0 Å². The molecular formula is C39H63NO7. The number of aliphatic hydroxyl groups is 3. The van der Waals surface area contributed by atoms with Crippen LogP contribution in [0, 0.1) is 56.7 Å². The summed E-state index contributed by atoms with van der Waals surface area (Å²) in [5.41, 5.74) is -1.01. The molecule has 8 heteroatoms. The van der Waals surface area contributed by atoms with Crippen molar-refractivity contribution in [2.24, 2.45) is 56.7 Å². The summed E-state index contributed by atoms with van der Waals surface area (Å²) < 4.78 is 19.7. The molecule has 8 aliphatic rings. The van der Waals surface area contributed by atoms with Crippen LogP contribution in [0.5, 0.6) is 0 Å². The Morgan fingerprint density at radius 3 is 2.38 bits per heavy atom. The average molecular weight is 658 g/mol. The molecule has 266 valence electrons. The number of ether oxygens (including phenoxy) is 3. The Hall–Kier alpha value is -0.770. The van der Waals surface area contributed by atoms with Crippen LogP contribution in [-0.2, 0) is 19.0 Å². The predicted molar refractivity (Wildman–Crippen MR) is 177 cm³/mol. The predicted octanol–water partition coefficient (Wildman–Crippen LogP) is 5.30. The van der Waals surface area contributed by atoms with Crippen LogP contribution in [0.1, 0.15) is 119 Å². The van der Waals surface area contributed by atoms with Gasteiger partial charge in [0.25, 0.3) is 0 Å². The summed E-state index contributed by atoms with van der Waals surface area (Å²) >= 11 is 0. The third-order valence-corrected chi connectivity index (χ3v) is 17.0. The fourth-order valence-corrected chi connectivity index (χ4v) is 14.2. The lowest BCUT2D eigenvalue weighted by molar-refractivity contribution is -0.248. The largest absolute Gasteiger partial charge is 0.390 e. The molecule has 0 radical (unpaired) electrons. The van der Waals surface area contributed by atoms with Crippen LogP contribution in [0.15, 0.2) is 0 Å². The van der Waals surface area contributed by atoms with Crippen LogP contribution in [-0.4, -0.2) is 88.2 Å². The Morgan fingerprint density at radius 1 is 1.00 bits per heavy atom. The lowest BCUT2D eigenvalue weighted by atomic mass is 9.41. The van der Waals surface area contributed by atoms with E-state index in [4.69, 9.17) is 14.2 Å². The first-order valence-electron chi connectivity index (χ1n) is 19.3. The lowest BCUT2D eigenvalue weighted by Gasteiger charge is -2.64. The molecule has 14 atom stereocenters. The van der Waals surface area contributed by atoms with E-state index in [2.05, 4.69) is 34.6 Å². The number of hydrogen-bond acceptors (Lipinski definition) is 7. The van der Waals surface area contributed by atoms with Crippen LogP contribution >= 0.6 is 0 Å². The molecule has 6 aliphatic carbocycles. The van der Waals surface area contributed by atoms with Crippen LogP contribution in [0.25, 0.3) is 0 Å². The molecule has 47 heavy (non-hydrogen) atoms. The first kappa shape index (κ1) is 33.4. The molecule has 1 amide bonds. The number of amides is 1. The number of rotatable bonds is 5. The van der Waals surface area contributed by atoms with E-state index in [0.717, 1.165) is 38.5 Å². The van der Waals surface area contributed by atoms with Gasteiger partial charge in [-0.2, -0.15) is 0 Å². The summed E-state index contributed by atoms with van der Waals surface area (Å²) in [7, 11) is 0. The fraction of sp³-hybridized carbons (Fsp3) is 0.974. The molecule has 0 aromatic heterocycles. The van der Waals surface area contributed by atoms with Gasteiger partial charge in [-0.05, 0) is 123 Å². The van der Waals surface area contributed by atoms with E-state index in [9.17, 15) is 20.1 Å². The van der Waals surface area contributed by atoms with Crippen molar-refractivity contribution in [2.45, 2.75) is 162 Å². The zero-order valence-corrected chi connectivity index (χ0v) is 30.2. The van der Waals surface area contributed by atoms with Gasteiger partial charge in [0.2, 0.25) is 5.91 Å². The Bertz CT molecular complexity index is 1260. The molecule has 2 saturated heterocycles. The smallest absolute Gasteiger partial charge is 0.225 e. The van der Waals surface area contributed by atoms with Crippen LogP contribution < -0.4 is 0 Å². The van der Waals surface area contributed by atoms with E-state index < -0.39 is 23.9 Å². The summed E-state index contributed by atoms with van der Waals surface area (Å²) in [5.74, 6) is 2.05. The molecule has 6 saturated carbocycles. The Morgan fingerprint density at radius 2 is 1.70 bits per heavy atom. The van der Waals surface area contributed by atoms with E-state index in [1.54, 1.807) is 13.8 Å². The minimum Gasteiger partial charge on any atom is -0.390 e. The van der Waals surface area contributed by atoms with Crippen LogP contribution in [0.3, 0.4) is 0 Å². The molecule has 0 bridgehead atoms. The highest BCUT2D eigenvalue weighted by molar-refractivity contribution is 5.79. The molecule has 2 spiro atoms. The highest BCUT2D eigenvalue weighted by atomic mass is 16.7. The number of fused-ring (bicyclic) bond motifs is 4. The normalized spacial score (nSPS) is 52.6. The van der Waals surface area contributed by atoms with Gasteiger partial charge in [-0.25, -0.2) is 0 Å². The van der Waals surface area contributed by atoms with Gasteiger partial charge in [0.15, 0.2) is 6.29 Å². The number of carbonyl (C=O) groups is 1. The first-order valence-corrected chi connectivity index (χ1v) is 19.3. The van der Waals surface area contributed by atoms with Gasteiger partial charge in [-0.1, -0.05) is 41.0 Å². The Balaban J connectivity index is 1.01. The first-order chi connectivity index (χ1) is 22.0. The number of nitrogens with zero attached hydrogens (tertiary/aromatic N) is 1. The van der Waals surface area contributed by atoms with Crippen molar-refractivity contribution in [2.75, 3.05) is 19.7 Å². The number of morpholine rings is 1. The van der Waals surface area contributed by atoms with Crippen molar-refractivity contribution in [1.82, 2.24) is 4.90 Å². The lowest BCUT2D eigenvalue weighted by Crippen LogP contribution is -2.60. The zero-order valence-electron chi connectivity index (χ0n) is 30.2. The SMILES string of the molecule is C[C@@H]1C[C@H]([C@H](O)C(C)(C)O)O[C@H]2C1[C@@]1(C)CC[C@@]34CC35CCC(OC3CN(C(=O)C6CCC6)CCO3)C(C)(C)[C@@H]5CC[C@H]4[C@]1(C)[C@H]2O. The second-order valence-electron chi connectivity index (χ2n) is 19.5. The van der Waals surface area contributed by atoms with Crippen molar-refractivity contribution in [3.05, 3.63) is 0 Å². The quantitative estimate of drug-likeness (QED) is 0.368. The average Bonchev–Trinajstić information content (AvgIpc) is 3.61. The second-order valence-corrected chi connectivity index (χ2v) is 19.5. The highest BCUT2D eigenvalue weighted by Crippen LogP contribution is 2.89. The van der Waals surface area contributed by atoms with E-state index >= 15 is 0 Å². The van der Waals surface area contributed by atoms with E-state index in [-0.39, 0.29) is 52.0 Å². The summed E-state index contributed by atoms with van der Waals surface area (Å²) in [4.78, 5) is 15.0. The Kier molecular flexibility index (Phi) is 7.55. The van der Waals surface area contributed by atoms with E-state index in [1.165, 1.54) is 25.7 Å². The summed E-state index contributed by atoms with van der Waals surface area (Å²) in [6, 6.07) is 0. The van der Waals surface area contributed by atoms with Gasteiger partial charge < -0.3 is 34.4 Å². The standard InChI is InChI=1S/C39H63NO7/c1-22-19-24(31(41)35(4,5)44)46-30-29(22)36(6)15-16-39-21-38(39)14-13-27(34(2,3)25(38)11-12-26(39)37(36,7)32(30)42)47-28-20-40(17-18-45-28)33(43)23-9-8-10-23/h22-32,41-42,44H,8-21H2,1-7H3/t22-,24-,25+,26+,27?,28?,29?,30+,31+,32+,36-,37-,38?,39+/m1/s1. The third-order valence-electron chi connectivity index (χ3n) is 17.0. The molecule has 3 N–H and O–H groups in total. The highest BCUT2D eigenvalue weighted by Gasteiger charge is 2.84. The van der Waals surface area contributed by atoms with Gasteiger partial charge in [-0.3, -0.25) is 4.79 Å². The maximum absolute atomic E-state index is 13.0. The summed E-state index contributed by atoms with van der Waals surface area (Å²) in [5, 5.41) is 34.1. The van der Waals surface area contributed by atoms with Gasteiger partial charge in [0.05, 0.1) is 43.2 Å². The summed E-state index contributed by atoms with van der Waals surface area (Å²) in [6.07, 6.45) is 9.39. The summed E-state index contributed by atoms with van der Waals surface area (Å²) in [6.45, 7) is 17.1. The number of carbonyl (C=O) groups excluding carboxylic acids is 1. The number of aliphatic hydroxyl groups excluding tert-OH is 2. The molecule has 8 rings (SSSR count). The van der Waals surface area contributed by atoms with Gasteiger partial charge in [0.1, 0.15) is 6.10 Å². The van der Waals surface area contributed by atoms with Crippen molar-refractivity contribution in [3.63, 3.8) is 0 Å². The van der Waals surface area contributed by atoms with Gasteiger partial charge >= 0.3 is 0 Å². The molecule has 4 unspecified atom stereocenters. The molecule has 0 aromatic rings. The molecular weight excluding hydrogens is 594 g/mol. The van der Waals surface area contributed by atoms with Gasteiger partial charge in [-0.15, -0.1) is 0 Å². The fourth-order valence-electron chi connectivity index (χ4n) is 14.2. The molecule has 2 heterocycles. The molecule has 8 nitrogen and oxygen atoms in total. The topological polar surface area (TPSA) is 109 Å². The monoisotopic (exact) mass is 657 g/mol. The van der Waals surface area contributed by atoms with E-state index in [1.807, 2.05) is 4.90 Å². The van der Waals surface area contributed by atoms with Crippen molar-refractivity contribution < 1.29 is 34.3 Å². The third kappa shape index (κ3) is 4.36. The number of hydrogen-bond donors (Lipinski definition) is 3. The minimum absolute atomic E-state index is 0.00163. The molecule has 0 aromatic carbocycles.